The summed E-state index contributed by atoms with van der Waals surface area (Å²) in [5.41, 5.74) is 0.572. The normalized spacial score (nSPS) is 13.1. The molecule has 0 aliphatic carbocycles. The third-order valence-electron chi connectivity index (χ3n) is 2.04. The van der Waals surface area contributed by atoms with Crippen LogP contribution in [0.15, 0.2) is 29.2 Å². The van der Waals surface area contributed by atoms with Gasteiger partial charge in [-0.05, 0) is 31.2 Å². The SMILES string of the molecule is C[C@@H](Nc1ccc(S(C)(=O)=O)cc1)C(=O)O. The first-order valence-corrected chi connectivity index (χ1v) is 6.49. The van der Waals surface area contributed by atoms with E-state index in [1.54, 1.807) is 0 Å². The number of aliphatic carboxylic acids is 1. The van der Waals surface area contributed by atoms with Crippen LogP contribution in [-0.2, 0) is 14.6 Å². The zero-order valence-electron chi connectivity index (χ0n) is 8.97. The Balaban J connectivity index is 2.84. The maximum Gasteiger partial charge on any atom is 0.325 e. The molecule has 0 spiro atoms. The molecule has 1 aromatic rings. The Morgan fingerprint density at radius 1 is 1.31 bits per heavy atom. The lowest BCUT2D eigenvalue weighted by atomic mass is 10.2. The summed E-state index contributed by atoms with van der Waals surface area (Å²) < 4.78 is 22.3. The average Bonchev–Trinajstić information content (AvgIpc) is 2.17. The molecule has 0 heterocycles. The minimum atomic E-state index is -3.21. The molecule has 0 aliphatic heterocycles. The molecule has 16 heavy (non-hydrogen) atoms. The van der Waals surface area contributed by atoms with Gasteiger partial charge >= 0.3 is 5.97 Å². The Morgan fingerprint density at radius 3 is 2.19 bits per heavy atom. The van der Waals surface area contributed by atoms with Crippen LogP contribution in [0.3, 0.4) is 0 Å². The van der Waals surface area contributed by atoms with Gasteiger partial charge in [0.1, 0.15) is 6.04 Å². The quantitative estimate of drug-likeness (QED) is 0.823. The van der Waals surface area contributed by atoms with E-state index in [-0.39, 0.29) is 4.90 Å². The summed E-state index contributed by atoms with van der Waals surface area (Å²) in [6.07, 6.45) is 1.12. The second kappa shape index (κ2) is 4.52. The van der Waals surface area contributed by atoms with Crippen molar-refractivity contribution >= 4 is 21.5 Å². The number of anilines is 1. The maximum absolute atomic E-state index is 11.2. The molecular formula is C10H13NO4S. The van der Waals surface area contributed by atoms with E-state index < -0.39 is 21.8 Å². The van der Waals surface area contributed by atoms with Crippen molar-refractivity contribution < 1.29 is 18.3 Å². The number of hydrogen-bond acceptors (Lipinski definition) is 4. The number of rotatable bonds is 4. The Bertz CT molecular complexity index is 478. The van der Waals surface area contributed by atoms with Crippen LogP contribution >= 0.6 is 0 Å². The highest BCUT2D eigenvalue weighted by atomic mass is 32.2. The van der Waals surface area contributed by atoms with Crippen LogP contribution in [0, 0.1) is 0 Å². The van der Waals surface area contributed by atoms with Gasteiger partial charge in [0.15, 0.2) is 9.84 Å². The predicted octanol–water partition coefficient (Wildman–Crippen LogP) is 0.975. The van der Waals surface area contributed by atoms with Crippen molar-refractivity contribution in [2.45, 2.75) is 17.9 Å². The zero-order chi connectivity index (χ0) is 12.3. The van der Waals surface area contributed by atoms with Crippen LogP contribution in [0.2, 0.25) is 0 Å². The molecule has 0 bridgehead atoms. The number of carboxylic acid groups (broad SMARTS) is 1. The Kier molecular flexibility index (Phi) is 3.54. The maximum atomic E-state index is 11.2. The van der Waals surface area contributed by atoms with Crippen LogP contribution in [0.25, 0.3) is 0 Å². The summed E-state index contributed by atoms with van der Waals surface area (Å²) >= 11 is 0. The van der Waals surface area contributed by atoms with Gasteiger partial charge in [-0.2, -0.15) is 0 Å². The number of sulfone groups is 1. The fourth-order valence-corrected chi connectivity index (χ4v) is 1.74. The van der Waals surface area contributed by atoms with Crippen molar-refractivity contribution in [1.29, 1.82) is 0 Å². The van der Waals surface area contributed by atoms with E-state index in [1.165, 1.54) is 31.2 Å². The van der Waals surface area contributed by atoms with Crippen LogP contribution < -0.4 is 5.32 Å². The van der Waals surface area contributed by atoms with Gasteiger partial charge in [-0.3, -0.25) is 4.79 Å². The van der Waals surface area contributed by atoms with Gasteiger partial charge < -0.3 is 10.4 Å². The summed E-state index contributed by atoms with van der Waals surface area (Å²) in [6.45, 7) is 1.51. The Hall–Kier alpha value is -1.56. The summed E-state index contributed by atoms with van der Waals surface area (Å²) in [5.74, 6) is -0.966. The van der Waals surface area contributed by atoms with Gasteiger partial charge in [0, 0.05) is 11.9 Å². The highest BCUT2D eigenvalue weighted by molar-refractivity contribution is 7.90. The van der Waals surface area contributed by atoms with E-state index in [1.807, 2.05) is 0 Å². The molecule has 0 radical (unpaired) electrons. The standard InChI is InChI=1S/C10H13NO4S/c1-7(10(12)13)11-8-3-5-9(6-4-8)16(2,14)15/h3-7,11H,1-2H3,(H,12,13)/t7-/m1/s1. The molecule has 88 valence electrons. The van der Waals surface area contributed by atoms with E-state index in [2.05, 4.69) is 5.32 Å². The highest BCUT2D eigenvalue weighted by Crippen LogP contribution is 2.14. The molecule has 0 amide bonds. The van der Waals surface area contributed by atoms with Gasteiger partial charge in [0.2, 0.25) is 0 Å². The minimum Gasteiger partial charge on any atom is -0.480 e. The topological polar surface area (TPSA) is 83.5 Å². The van der Waals surface area contributed by atoms with E-state index in [0.717, 1.165) is 6.26 Å². The van der Waals surface area contributed by atoms with E-state index in [9.17, 15) is 13.2 Å². The molecule has 5 nitrogen and oxygen atoms in total. The monoisotopic (exact) mass is 243 g/mol. The lowest BCUT2D eigenvalue weighted by Crippen LogP contribution is -2.25. The first-order valence-electron chi connectivity index (χ1n) is 4.60. The number of nitrogens with one attached hydrogen (secondary N) is 1. The van der Waals surface area contributed by atoms with Crippen molar-refractivity contribution in [1.82, 2.24) is 0 Å². The van der Waals surface area contributed by atoms with Gasteiger partial charge in [-0.1, -0.05) is 0 Å². The van der Waals surface area contributed by atoms with Gasteiger partial charge in [-0.15, -0.1) is 0 Å². The molecule has 0 unspecified atom stereocenters. The largest absolute Gasteiger partial charge is 0.480 e. The molecular weight excluding hydrogens is 230 g/mol. The van der Waals surface area contributed by atoms with Gasteiger partial charge in [0.05, 0.1) is 4.90 Å². The molecule has 0 fully saturated rings. The van der Waals surface area contributed by atoms with Gasteiger partial charge in [0.25, 0.3) is 0 Å². The summed E-state index contributed by atoms with van der Waals surface area (Å²) in [4.78, 5) is 10.8. The predicted molar refractivity (Wildman–Crippen MR) is 60.3 cm³/mol. The highest BCUT2D eigenvalue weighted by Gasteiger charge is 2.11. The molecule has 2 N–H and O–H groups in total. The van der Waals surface area contributed by atoms with Crippen LogP contribution in [0.1, 0.15) is 6.92 Å². The minimum absolute atomic E-state index is 0.209. The Labute approximate surface area is 94.0 Å². The smallest absolute Gasteiger partial charge is 0.325 e. The van der Waals surface area contributed by atoms with E-state index in [0.29, 0.717) is 5.69 Å². The van der Waals surface area contributed by atoms with E-state index >= 15 is 0 Å². The lowest BCUT2D eigenvalue weighted by molar-refractivity contribution is -0.137. The Morgan fingerprint density at radius 2 is 1.81 bits per heavy atom. The first kappa shape index (κ1) is 12.5. The third-order valence-corrected chi connectivity index (χ3v) is 3.16. The van der Waals surface area contributed by atoms with Gasteiger partial charge in [-0.25, -0.2) is 8.42 Å². The van der Waals surface area contributed by atoms with Crippen molar-refractivity contribution in [2.75, 3.05) is 11.6 Å². The molecule has 0 saturated carbocycles. The number of benzene rings is 1. The molecule has 0 aromatic heterocycles. The second-order valence-corrected chi connectivity index (χ2v) is 5.52. The zero-order valence-corrected chi connectivity index (χ0v) is 9.78. The number of hydrogen-bond donors (Lipinski definition) is 2. The average molecular weight is 243 g/mol. The fraction of sp³-hybridized carbons (Fsp3) is 0.300. The second-order valence-electron chi connectivity index (χ2n) is 3.50. The third kappa shape index (κ3) is 3.23. The molecule has 0 saturated heterocycles. The number of carbonyl (C=O) groups is 1. The molecule has 1 rings (SSSR count). The lowest BCUT2D eigenvalue weighted by Gasteiger charge is -2.10. The molecule has 1 atom stereocenters. The number of carboxylic acids is 1. The van der Waals surface area contributed by atoms with Crippen LogP contribution in [-0.4, -0.2) is 31.8 Å². The van der Waals surface area contributed by atoms with Crippen molar-refractivity contribution in [2.24, 2.45) is 0 Å². The van der Waals surface area contributed by atoms with E-state index in [4.69, 9.17) is 5.11 Å². The summed E-state index contributed by atoms with van der Waals surface area (Å²) in [7, 11) is -3.21. The summed E-state index contributed by atoms with van der Waals surface area (Å²) in [5, 5.41) is 11.4. The first-order chi connectivity index (χ1) is 7.30. The van der Waals surface area contributed by atoms with Crippen molar-refractivity contribution in [3.8, 4) is 0 Å². The molecule has 6 heteroatoms. The van der Waals surface area contributed by atoms with Crippen LogP contribution in [0.5, 0.6) is 0 Å². The fourth-order valence-electron chi connectivity index (χ4n) is 1.11. The molecule has 1 aromatic carbocycles. The van der Waals surface area contributed by atoms with Crippen molar-refractivity contribution in [3.63, 3.8) is 0 Å². The van der Waals surface area contributed by atoms with Crippen LogP contribution in [0.4, 0.5) is 5.69 Å². The summed E-state index contributed by atoms with van der Waals surface area (Å²) in [6, 6.07) is 5.23. The van der Waals surface area contributed by atoms with Crippen molar-refractivity contribution in [3.05, 3.63) is 24.3 Å². The molecule has 0 aliphatic rings.